The Morgan fingerprint density at radius 3 is 2.30 bits per heavy atom. The van der Waals surface area contributed by atoms with E-state index in [1.54, 1.807) is 20.3 Å². The van der Waals surface area contributed by atoms with Gasteiger partial charge >= 0.3 is 5.97 Å². The molecule has 47 heavy (non-hydrogen) atoms. The molecule has 0 spiro atoms. The van der Waals surface area contributed by atoms with Crippen LogP contribution in [-0.4, -0.2) is 71.1 Å². The summed E-state index contributed by atoms with van der Waals surface area (Å²) in [5, 5.41) is 10.1. The van der Waals surface area contributed by atoms with Gasteiger partial charge in [-0.2, -0.15) is 0 Å². The second-order valence-electron chi connectivity index (χ2n) is 13.6. The maximum Gasteiger partial charge on any atom is 0.303 e. The second kappa shape index (κ2) is 14.7. The maximum atomic E-state index is 12.0. The van der Waals surface area contributed by atoms with Crippen LogP contribution in [0.25, 0.3) is 17.4 Å². The van der Waals surface area contributed by atoms with E-state index in [-0.39, 0.29) is 16.7 Å². The third-order valence-corrected chi connectivity index (χ3v) is 9.61. The van der Waals surface area contributed by atoms with Gasteiger partial charge in [-0.1, -0.05) is 41.0 Å². The van der Waals surface area contributed by atoms with Crippen LogP contribution in [0.3, 0.4) is 0 Å². The molecule has 0 saturated heterocycles. The minimum absolute atomic E-state index is 0.109. The highest BCUT2D eigenvalue weighted by Gasteiger charge is 2.40. The molecule has 2 aliphatic heterocycles. The molecule has 1 aliphatic carbocycles. The van der Waals surface area contributed by atoms with E-state index < -0.39 is 21.5 Å². The molecule has 11 heteroatoms. The summed E-state index contributed by atoms with van der Waals surface area (Å²) >= 11 is 0. The predicted molar refractivity (Wildman–Crippen MR) is 182 cm³/mol. The monoisotopic (exact) mass is 668 g/mol. The van der Waals surface area contributed by atoms with Crippen molar-refractivity contribution in [2.45, 2.75) is 76.0 Å². The number of aliphatic carboxylic acids is 1. The normalized spacial score (nSPS) is 15.4. The van der Waals surface area contributed by atoms with Gasteiger partial charge in [0.1, 0.15) is 34.9 Å². The van der Waals surface area contributed by atoms with Crippen molar-refractivity contribution in [3.63, 3.8) is 0 Å². The third-order valence-electron chi connectivity index (χ3n) is 8.78. The van der Waals surface area contributed by atoms with Gasteiger partial charge < -0.3 is 28.5 Å². The van der Waals surface area contributed by atoms with Crippen molar-refractivity contribution in [2.24, 2.45) is 0 Å². The Balaban J connectivity index is 1.90. The van der Waals surface area contributed by atoms with E-state index in [4.69, 9.17) is 19.0 Å². The number of rotatable bonds is 14. The summed E-state index contributed by atoms with van der Waals surface area (Å²) in [6.45, 7) is 13.6. The molecule has 0 unspecified atom stereocenters. The molecule has 1 aromatic carbocycles. The minimum atomic E-state index is -4.65. The third kappa shape index (κ3) is 8.51. The van der Waals surface area contributed by atoms with Crippen molar-refractivity contribution in [3.8, 4) is 11.3 Å². The lowest BCUT2D eigenvalue weighted by Crippen LogP contribution is -2.35. The smallest absolute Gasteiger partial charge is 0.303 e. The topological polar surface area (TPSA) is 132 Å². The van der Waals surface area contributed by atoms with Crippen molar-refractivity contribution in [3.05, 3.63) is 70.4 Å². The van der Waals surface area contributed by atoms with E-state index >= 15 is 0 Å². The number of unbranched alkanes of at least 4 members (excludes halogenated alkanes) is 2. The molecule has 0 atom stereocenters. The highest BCUT2D eigenvalue weighted by Crippen LogP contribution is 2.49. The largest absolute Gasteiger partial charge is 0.744 e. The fourth-order valence-corrected chi connectivity index (χ4v) is 6.72. The Labute approximate surface area is 278 Å². The molecule has 2 heterocycles. The molecular weight excluding hydrogens is 620 g/mol. The molecule has 0 bridgehead atoms. The van der Waals surface area contributed by atoms with Gasteiger partial charge in [-0.15, -0.1) is 0 Å². The summed E-state index contributed by atoms with van der Waals surface area (Å²) in [6.07, 6.45) is 4.13. The van der Waals surface area contributed by atoms with Gasteiger partial charge in [-0.3, -0.25) is 4.79 Å². The standard InChI is InChI=1S/C36H48N2O8S/c1-35(2,3)29-22-26(46-32-21-25(12-14-28(29)32)37(17-19-44-6)18-20-45-7)23-33-36(4,5)30-24-27(47(41,42)43)13-15-31(30)38(33)16-10-8-9-11-34(39)40/h12-15,21-24H,8-11,16-20H2,1-7H3,(H-,39,40,41,42,43). The number of methoxy groups -OCH3 is 2. The van der Waals surface area contributed by atoms with Crippen LogP contribution in [0.15, 0.2) is 57.5 Å². The number of ether oxygens (including phenoxy) is 2. The van der Waals surface area contributed by atoms with E-state index in [0.29, 0.717) is 45.0 Å². The molecule has 10 nitrogen and oxygen atoms in total. The maximum absolute atomic E-state index is 12.0. The number of hydrogen-bond donors (Lipinski definition) is 1. The van der Waals surface area contributed by atoms with Crippen LogP contribution in [0.5, 0.6) is 0 Å². The Bertz CT molecular complexity index is 1760. The van der Waals surface area contributed by atoms with Crippen LogP contribution in [0.1, 0.15) is 77.2 Å². The van der Waals surface area contributed by atoms with Crippen molar-refractivity contribution in [2.75, 3.05) is 52.0 Å². The summed E-state index contributed by atoms with van der Waals surface area (Å²) < 4.78 is 55.5. The number of nitrogens with zero attached hydrogens (tertiary/aromatic N) is 2. The van der Waals surface area contributed by atoms with Gasteiger partial charge in [-0.25, -0.2) is 13.0 Å². The van der Waals surface area contributed by atoms with Crippen LogP contribution >= 0.6 is 0 Å². The molecular formula is C36H48N2O8S. The molecule has 0 radical (unpaired) electrons. The average molecular weight is 669 g/mol. The zero-order valence-electron chi connectivity index (χ0n) is 28.6. The molecule has 0 saturated carbocycles. The van der Waals surface area contributed by atoms with Crippen LogP contribution in [0, 0.1) is 0 Å². The Morgan fingerprint density at radius 1 is 1.02 bits per heavy atom. The first-order valence-corrected chi connectivity index (χ1v) is 17.4. The van der Waals surface area contributed by atoms with Gasteiger partial charge in [0.05, 0.1) is 11.0 Å². The predicted octanol–water partition coefficient (Wildman–Crippen LogP) is 5.43. The van der Waals surface area contributed by atoms with E-state index in [0.717, 1.165) is 52.0 Å². The fraction of sp³-hybridized carbons (Fsp3) is 0.500. The zero-order valence-corrected chi connectivity index (χ0v) is 29.4. The zero-order chi connectivity index (χ0) is 34.6. The number of hydrogen-bond acceptors (Lipinski definition) is 8. The van der Waals surface area contributed by atoms with Gasteiger partial charge in [0.25, 0.3) is 0 Å². The molecule has 0 amide bonds. The number of carbonyl (C=O) groups is 1. The SMILES string of the molecule is COCC[N+](CCOC)=c1ccc2c(C(C)(C)C)cc(/C=C3/N(CCCCCC(=O)O)c4ccc(S(=O)(=O)[O-])cc4C3(C)C)oc-2c1. The Hall–Kier alpha value is -3.51. The van der Waals surface area contributed by atoms with Gasteiger partial charge in [0.2, 0.25) is 5.36 Å². The number of anilines is 1. The highest BCUT2D eigenvalue weighted by molar-refractivity contribution is 7.85. The number of carboxylic acid groups (broad SMARTS) is 1. The Kier molecular flexibility index (Phi) is 11.4. The number of allylic oxidation sites excluding steroid dienone is 1. The minimum Gasteiger partial charge on any atom is -0.744 e. The number of carboxylic acids is 1. The summed E-state index contributed by atoms with van der Waals surface area (Å²) in [4.78, 5) is 12.9. The summed E-state index contributed by atoms with van der Waals surface area (Å²) in [5.74, 6) is 0.555. The van der Waals surface area contributed by atoms with Crippen molar-refractivity contribution in [1.82, 2.24) is 4.58 Å². The lowest BCUT2D eigenvalue weighted by Gasteiger charge is -2.28. The fourth-order valence-electron chi connectivity index (χ4n) is 6.22. The summed E-state index contributed by atoms with van der Waals surface area (Å²) in [6, 6.07) is 12.9. The number of fused-ring (bicyclic) bond motifs is 2. The molecule has 1 N–H and O–H groups in total. The molecule has 0 aromatic heterocycles. The lowest BCUT2D eigenvalue weighted by molar-refractivity contribution is -0.137. The van der Waals surface area contributed by atoms with Gasteiger partial charge in [0.15, 0.2) is 13.1 Å². The quantitative estimate of drug-likeness (QED) is 0.136. The van der Waals surface area contributed by atoms with E-state index in [9.17, 15) is 17.8 Å². The van der Waals surface area contributed by atoms with Gasteiger partial charge in [0, 0.05) is 61.7 Å². The first-order valence-electron chi connectivity index (χ1n) is 16.0. The molecule has 1 aromatic rings. The summed E-state index contributed by atoms with van der Waals surface area (Å²) in [7, 11) is -1.29. The number of benzene rings is 2. The van der Waals surface area contributed by atoms with Crippen LogP contribution < -0.4 is 14.8 Å². The van der Waals surface area contributed by atoms with Crippen LogP contribution in [0.2, 0.25) is 0 Å². The van der Waals surface area contributed by atoms with Crippen molar-refractivity contribution >= 4 is 27.9 Å². The van der Waals surface area contributed by atoms with E-state index in [1.807, 2.05) is 19.9 Å². The molecule has 0 fully saturated rings. The van der Waals surface area contributed by atoms with Crippen LogP contribution in [-0.2, 0) is 35.2 Å². The van der Waals surface area contributed by atoms with Crippen molar-refractivity contribution in [1.29, 1.82) is 0 Å². The first-order chi connectivity index (χ1) is 22.1. The lowest BCUT2D eigenvalue weighted by atomic mass is 9.82. The van der Waals surface area contributed by atoms with Crippen molar-refractivity contribution < 1.29 is 36.8 Å². The molecule has 3 aliphatic rings. The second-order valence-corrected chi connectivity index (χ2v) is 15.0. The molecule has 256 valence electrons. The Morgan fingerprint density at radius 2 is 1.70 bits per heavy atom. The first kappa shape index (κ1) is 36.3. The molecule has 4 rings (SSSR count). The highest BCUT2D eigenvalue weighted by atomic mass is 32.2. The van der Waals surface area contributed by atoms with Gasteiger partial charge in [-0.05, 0) is 59.7 Å². The van der Waals surface area contributed by atoms with E-state index in [1.165, 1.54) is 12.1 Å². The average Bonchev–Trinajstić information content (AvgIpc) is 3.20. The summed E-state index contributed by atoms with van der Waals surface area (Å²) in [5.41, 5.74) is 3.71. The van der Waals surface area contributed by atoms with E-state index in [2.05, 4.69) is 54.5 Å². The van der Waals surface area contributed by atoms with Crippen LogP contribution in [0.4, 0.5) is 5.69 Å².